The highest BCUT2D eigenvalue weighted by atomic mass is 79.9. The molecule has 1 aliphatic rings. The maximum atomic E-state index is 12.8. The van der Waals surface area contributed by atoms with Crippen molar-refractivity contribution in [2.75, 3.05) is 0 Å². The first kappa shape index (κ1) is 17.8. The Morgan fingerprint density at radius 3 is 2.56 bits per heavy atom. The summed E-state index contributed by atoms with van der Waals surface area (Å²) >= 11 is 4.78. The zero-order chi connectivity index (χ0) is 19.0. The van der Waals surface area contributed by atoms with Crippen molar-refractivity contribution in [3.63, 3.8) is 0 Å². The van der Waals surface area contributed by atoms with Gasteiger partial charge in [-0.15, -0.1) is 11.3 Å². The van der Waals surface area contributed by atoms with Gasteiger partial charge in [0.15, 0.2) is 0 Å². The lowest BCUT2D eigenvalue weighted by molar-refractivity contribution is -0.140. The second-order valence-corrected chi connectivity index (χ2v) is 7.92. The number of aliphatic hydroxyl groups excluding tert-OH is 1. The van der Waals surface area contributed by atoms with E-state index in [1.165, 1.54) is 22.5 Å². The number of ketones is 1. The quantitative estimate of drug-likeness (QED) is 0.359. The molecule has 3 heterocycles. The molecule has 27 heavy (non-hydrogen) atoms. The summed E-state index contributed by atoms with van der Waals surface area (Å²) in [5.41, 5.74) is 0.576. The highest BCUT2D eigenvalue weighted by Gasteiger charge is 2.46. The Balaban J connectivity index is 1.83. The maximum absolute atomic E-state index is 12.8. The first-order chi connectivity index (χ1) is 13.1. The Kier molecular flexibility index (Phi) is 4.72. The predicted molar refractivity (Wildman–Crippen MR) is 105 cm³/mol. The van der Waals surface area contributed by atoms with E-state index < -0.39 is 17.7 Å². The first-order valence-corrected chi connectivity index (χ1v) is 9.83. The van der Waals surface area contributed by atoms with E-state index in [1.54, 1.807) is 36.4 Å². The second-order valence-electron chi connectivity index (χ2n) is 6.03. The van der Waals surface area contributed by atoms with E-state index in [4.69, 9.17) is 4.42 Å². The average molecular weight is 444 g/mol. The van der Waals surface area contributed by atoms with Gasteiger partial charge >= 0.3 is 0 Å². The monoisotopic (exact) mass is 443 g/mol. The number of carbonyl (C=O) groups excluding carboxylic acids is 2. The minimum Gasteiger partial charge on any atom is -0.507 e. The number of nitrogens with zero attached hydrogens (tertiary/aromatic N) is 1. The normalized spacial score (nSPS) is 19.0. The molecule has 1 fully saturated rings. The maximum Gasteiger partial charge on any atom is 0.296 e. The van der Waals surface area contributed by atoms with Crippen LogP contribution < -0.4 is 0 Å². The topological polar surface area (TPSA) is 70.8 Å². The lowest BCUT2D eigenvalue weighted by Crippen LogP contribution is -2.28. The molecule has 2 aromatic heterocycles. The van der Waals surface area contributed by atoms with Crippen molar-refractivity contribution in [2.24, 2.45) is 0 Å². The smallest absolute Gasteiger partial charge is 0.296 e. The minimum absolute atomic E-state index is 0.0938. The number of aliphatic hydroxyl groups is 1. The number of hydrogen-bond donors (Lipinski definition) is 1. The number of amides is 1. The summed E-state index contributed by atoms with van der Waals surface area (Å²) in [7, 11) is 0. The molecule has 0 spiro atoms. The van der Waals surface area contributed by atoms with Crippen LogP contribution in [0, 0.1) is 0 Å². The highest BCUT2D eigenvalue weighted by molar-refractivity contribution is 9.10. The van der Waals surface area contributed by atoms with E-state index in [0.29, 0.717) is 11.3 Å². The lowest BCUT2D eigenvalue weighted by atomic mass is 10.00. The molecule has 5 nitrogen and oxygen atoms in total. The molecule has 1 amide bonds. The molecule has 0 bridgehead atoms. The van der Waals surface area contributed by atoms with Crippen LogP contribution in [0.1, 0.15) is 22.2 Å². The summed E-state index contributed by atoms with van der Waals surface area (Å²) in [5, 5.41) is 12.7. The van der Waals surface area contributed by atoms with Crippen LogP contribution in [-0.2, 0) is 16.1 Å². The lowest BCUT2D eigenvalue weighted by Gasteiger charge is -2.23. The number of rotatable bonds is 4. The molecule has 0 radical (unpaired) electrons. The van der Waals surface area contributed by atoms with Crippen LogP contribution in [0.4, 0.5) is 0 Å². The summed E-state index contributed by atoms with van der Waals surface area (Å²) in [6.45, 7) is 0.150. The molecule has 1 atom stereocenters. The molecule has 1 saturated heterocycles. The zero-order valence-corrected chi connectivity index (χ0v) is 16.4. The third kappa shape index (κ3) is 3.24. The number of furan rings is 1. The third-order valence-corrected chi connectivity index (χ3v) is 5.83. The van der Waals surface area contributed by atoms with Gasteiger partial charge in [-0.25, -0.2) is 0 Å². The zero-order valence-electron chi connectivity index (χ0n) is 14.0. The second kappa shape index (κ2) is 7.17. The van der Waals surface area contributed by atoms with E-state index >= 15 is 0 Å². The van der Waals surface area contributed by atoms with Crippen LogP contribution >= 0.6 is 27.3 Å². The fourth-order valence-electron chi connectivity index (χ4n) is 3.12. The largest absolute Gasteiger partial charge is 0.507 e. The van der Waals surface area contributed by atoms with E-state index in [9.17, 15) is 14.7 Å². The van der Waals surface area contributed by atoms with Crippen molar-refractivity contribution in [2.45, 2.75) is 12.6 Å². The van der Waals surface area contributed by atoms with Crippen molar-refractivity contribution in [3.8, 4) is 0 Å². The number of hydrogen-bond acceptors (Lipinski definition) is 5. The van der Waals surface area contributed by atoms with Crippen LogP contribution in [0.2, 0.25) is 0 Å². The van der Waals surface area contributed by atoms with Crippen molar-refractivity contribution in [1.29, 1.82) is 0 Å². The van der Waals surface area contributed by atoms with Crippen molar-refractivity contribution in [3.05, 3.63) is 86.4 Å². The number of benzene rings is 1. The molecule has 1 aliphatic heterocycles. The van der Waals surface area contributed by atoms with Crippen LogP contribution in [-0.4, -0.2) is 21.7 Å². The Bertz CT molecular complexity index is 1010. The molecule has 1 N–H and O–H groups in total. The highest BCUT2D eigenvalue weighted by Crippen LogP contribution is 2.41. The SMILES string of the molecule is O=C1C(=O)N(Cc2ccco2)C(c2cccs2)/C1=C(/O)c1ccc(Br)cc1. The Morgan fingerprint density at radius 2 is 1.93 bits per heavy atom. The van der Waals surface area contributed by atoms with Crippen LogP contribution in [0.25, 0.3) is 5.76 Å². The first-order valence-electron chi connectivity index (χ1n) is 8.16. The molecule has 3 aromatic rings. The van der Waals surface area contributed by atoms with Gasteiger partial charge in [-0.2, -0.15) is 0 Å². The standard InChI is InChI=1S/C20H14BrNO4S/c21-13-7-5-12(6-8-13)18(23)16-17(15-4-2-10-27-15)22(20(25)19(16)24)11-14-3-1-9-26-14/h1-10,17,23H,11H2/b18-16-. The van der Waals surface area contributed by atoms with Gasteiger partial charge in [-0.1, -0.05) is 34.1 Å². The Labute approximate surface area is 167 Å². The van der Waals surface area contributed by atoms with Gasteiger partial charge < -0.3 is 14.4 Å². The van der Waals surface area contributed by atoms with Crippen LogP contribution in [0.15, 0.2) is 74.6 Å². The van der Waals surface area contributed by atoms with Gasteiger partial charge in [0.05, 0.1) is 18.4 Å². The van der Waals surface area contributed by atoms with Gasteiger partial charge in [0.1, 0.15) is 17.6 Å². The van der Waals surface area contributed by atoms with Gasteiger partial charge in [-0.3, -0.25) is 9.59 Å². The minimum atomic E-state index is -0.694. The fourth-order valence-corrected chi connectivity index (χ4v) is 4.23. The van der Waals surface area contributed by atoms with E-state index in [2.05, 4.69) is 15.9 Å². The summed E-state index contributed by atoms with van der Waals surface area (Å²) < 4.78 is 6.21. The number of likely N-dealkylation sites (tertiary alicyclic amines) is 1. The number of Topliss-reactive ketones (excluding diaryl/α,β-unsaturated/α-hetero) is 1. The average Bonchev–Trinajstić information content (AvgIpc) is 3.40. The van der Waals surface area contributed by atoms with Gasteiger partial charge in [-0.05, 0) is 35.7 Å². The predicted octanol–water partition coefficient (Wildman–Crippen LogP) is 4.73. The van der Waals surface area contributed by atoms with Gasteiger partial charge in [0.25, 0.3) is 11.7 Å². The van der Waals surface area contributed by atoms with Gasteiger partial charge in [0.2, 0.25) is 0 Å². The van der Waals surface area contributed by atoms with Crippen LogP contribution in [0.3, 0.4) is 0 Å². The van der Waals surface area contributed by atoms with Crippen molar-refractivity contribution < 1.29 is 19.1 Å². The molecule has 136 valence electrons. The molecule has 1 unspecified atom stereocenters. The summed E-state index contributed by atoms with van der Waals surface area (Å²) in [6.07, 6.45) is 1.52. The van der Waals surface area contributed by atoms with Crippen molar-refractivity contribution >= 4 is 44.7 Å². The van der Waals surface area contributed by atoms with Gasteiger partial charge in [0, 0.05) is 14.9 Å². The molecule has 0 aliphatic carbocycles. The fraction of sp³-hybridized carbons (Fsp3) is 0.100. The third-order valence-electron chi connectivity index (χ3n) is 4.38. The summed E-state index contributed by atoms with van der Waals surface area (Å²) in [4.78, 5) is 27.8. The Hall–Kier alpha value is -2.64. The molecular weight excluding hydrogens is 430 g/mol. The van der Waals surface area contributed by atoms with Crippen molar-refractivity contribution in [1.82, 2.24) is 4.90 Å². The summed E-state index contributed by atoms with van der Waals surface area (Å²) in [5.74, 6) is -0.952. The van der Waals surface area contributed by atoms with E-state index in [1.807, 2.05) is 17.5 Å². The molecule has 7 heteroatoms. The Morgan fingerprint density at radius 1 is 1.15 bits per heavy atom. The summed E-state index contributed by atoms with van der Waals surface area (Å²) in [6, 6.07) is 13.5. The number of carbonyl (C=O) groups is 2. The molecular formula is C20H14BrNO4S. The molecule has 1 aromatic carbocycles. The molecule has 4 rings (SSSR count). The number of thiophene rings is 1. The van der Waals surface area contributed by atoms with E-state index in [-0.39, 0.29) is 17.9 Å². The molecule has 0 saturated carbocycles. The van der Waals surface area contributed by atoms with Crippen LogP contribution in [0.5, 0.6) is 0 Å². The van der Waals surface area contributed by atoms with E-state index in [0.717, 1.165) is 9.35 Å². The number of halogens is 1.